The first-order valence-corrected chi connectivity index (χ1v) is 9.71. The van der Waals surface area contributed by atoms with Crippen LogP contribution in [0.5, 0.6) is 17.2 Å². The van der Waals surface area contributed by atoms with E-state index in [9.17, 15) is 9.90 Å². The molecule has 0 saturated heterocycles. The Labute approximate surface area is 181 Å². The normalized spacial score (nSPS) is 11.6. The Morgan fingerprint density at radius 3 is 2.35 bits per heavy atom. The van der Waals surface area contributed by atoms with Crippen molar-refractivity contribution in [2.45, 2.75) is 13.8 Å². The second-order valence-electron chi connectivity index (χ2n) is 7.17. The van der Waals surface area contributed by atoms with Gasteiger partial charge in [-0.05, 0) is 61.4 Å². The summed E-state index contributed by atoms with van der Waals surface area (Å²) in [5, 5.41) is 10.3. The van der Waals surface area contributed by atoms with Crippen LogP contribution in [0.25, 0.3) is 28.2 Å². The molecule has 0 aliphatic carbocycles. The number of carboxylic acids is 1. The van der Waals surface area contributed by atoms with Gasteiger partial charge in [0, 0.05) is 30.7 Å². The van der Waals surface area contributed by atoms with Crippen molar-refractivity contribution in [1.29, 1.82) is 0 Å². The van der Waals surface area contributed by atoms with E-state index < -0.39 is 5.97 Å². The zero-order valence-corrected chi connectivity index (χ0v) is 18.6. The molecule has 1 aromatic heterocycles. The number of aliphatic carboxylic acids is 1. The van der Waals surface area contributed by atoms with Crippen LogP contribution in [0.15, 0.2) is 35.9 Å². The topological polar surface area (TPSA) is 79.2 Å². The van der Waals surface area contributed by atoms with Crippen molar-refractivity contribution in [2.75, 3.05) is 28.1 Å². The van der Waals surface area contributed by atoms with Gasteiger partial charge in [0.05, 0.1) is 25.4 Å². The average Bonchev–Trinajstić information content (AvgIpc) is 3.03. The van der Waals surface area contributed by atoms with Crippen LogP contribution in [0.4, 0.5) is 0 Å². The van der Waals surface area contributed by atoms with Gasteiger partial charge in [0.1, 0.15) is 5.75 Å². The molecule has 0 aliphatic rings. The Hall–Kier alpha value is -3.45. The Morgan fingerprint density at radius 2 is 1.81 bits per heavy atom. The Bertz CT molecular complexity index is 1140. The average molecular weight is 425 g/mol. The molecule has 0 amide bonds. The minimum absolute atomic E-state index is 0.0566. The predicted octanol–water partition coefficient (Wildman–Crippen LogP) is 4.64. The first kappa shape index (κ1) is 22.2. The molecule has 0 unspecified atom stereocenters. The standard InChI is InChI=1S/C24H27NO6/c1-14(24(26)27)11-17-12-19(30-6)23(31-13-28-4)20-15(2)21(25(3)22(17)20)16-7-9-18(29-5)10-8-16/h7-12H,13H2,1-6H3,(H,26,27)/b14-11+. The van der Waals surface area contributed by atoms with Crippen molar-refractivity contribution in [3.63, 3.8) is 0 Å². The number of methoxy groups -OCH3 is 3. The summed E-state index contributed by atoms with van der Waals surface area (Å²) in [5.41, 5.74) is 4.75. The third-order valence-electron chi connectivity index (χ3n) is 5.26. The number of aromatic nitrogens is 1. The van der Waals surface area contributed by atoms with Crippen molar-refractivity contribution >= 4 is 22.9 Å². The smallest absolute Gasteiger partial charge is 0.331 e. The van der Waals surface area contributed by atoms with Gasteiger partial charge in [-0.1, -0.05) is 0 Å². The number of fused-ring (bicyclic) bond motifs is 1. The van der Waals surface area contributed by atoms with Crippen LogP contribution in [0.3, 0.4) is 0 Å². The zero-order chi connectivity index (χ0) is 22.7. The highest BCUT2D eigenvalue weighted by Crippen LogP contribution is 2.45. The van der Waals surface area contributed by atoms with Gasteiger partial charge >= 0.3 is 5.97 Å². The van der Waals surface area contributed by atoms with Crippen LogP contribution < -0.4 is 14.2 Å². The van der Waals surface area contributed by atoms with Gasteiger partial charge in [-0.25, -0.2) is 4.79 Å². The monoisotopic (exact) mass is 425 g/mol. The molecule has 0 saturated carbocycles. The lowest BCUT2D eigenvalue weighted by atomic mass is 10.0. The number of nitrogens with zero attached hydrogens (tertiary/aromatic N) is 1. The molecule has 3 aromatic rings. The highest BCUT2D eigenvalue weighted by Gasteiger charge is 2.23. The molecule has 3 rings (SSSR count). The van der Waals surface area contributed by atoms with E-state index in [1.807, 2.05) is 42.8 Å². The molecule has 0 spiro atoms. The van der Waals surface area contributed by atoms with Gasteiger partial charge in [-0.3, -0.25) is 0 Å². The van der Waals surface area contributed by atoms with Gasteiger partial charge in [0.15, 0.2) is 18.3 Å². The maximum absolute atomic E-state index is 11.5. The van der Waals surface area contributed by atoms with Crippen LogP contribution in [0.2, 0.25) is 0 Å². The van der Waals surface area contributed by atoms with E-state index in [2.05, 4.69) is 0 Å². The first-order valence-electron chi connectivity index (χ1n) is 9.71. The fourth-order valence-corrected chi connectivity index (χ4v) is 3.82. The zero-order valence-electron chi connectivity index (χ0n) is 18.6. The van der Waals surface area contributed by atoms with E-state index in [0.29, 0.717) is 11.5 Å². The molecule has 1 N–H and O–H groups in total. The van der Waals surface area contributed by atoms with Crippen LogP contribution in [0, 0.1) is 6.92 Å². The third-order valence-corrected chi connectivity index (χ3v) is 5.26. The lowest BCUT2D eigenvalue weighted by Gasteiger charge is -2.14. The summed E-state index contributed by atoms with van der Waals surface area (Å²) in [5.74, 6) is 0.848. The summed E-state index contributed by atoms with van der Waals surface area (Å²) < 4.78 is 23.9. The molecule has 31 heavy (non-hydrogen) atoms. The number of aryl methyl sites for hydroxylation is 2. The van der Waals surface area contributed by atoms with Crippen molar-refractivity contribution in [3.05, 3.63) is 47.0 Å². The number of carboxylic acid groups (broad SMARTS) is 1. The van der Waals surface area contributed by atoms with E-state index in [1.165, 1.54) is 0 Å². The second-order valence-corrected chi connectivity index (χ2v) is 7.17. The van der Waals surface area contributed by atoms with E-state index in [1.54, 1.807) is 40.4 Å². The predicted molar refractivity (Wildman–Crippen MR) is 120 cm³/mol. The highest BCUT2D eigenvalue weighted by molar-refractivity contribution is 6.04. The van der Waals surface area contributed by atoms with Gasteiger partial charge < -0.3 is 28.6 Å². The SMILES string of the molecule is COCOc1c(OC)cc(/C=C(\C)C(=O)O)c2c1c(C)c(-c1ccc(OC)cc1)n2C. The number of benzene rings is 2. The molecule has 7 nitrogen and oxygen atoms in total. The largest absolute Gasteiger partial charge is 0.497 e. The van der Waals surface area contributed by atoms with Crippen molar-refractivity contribution < 1.29 is 28.8 Å². The molecule has 0 bridgehead atoms. The van der Waals surface area contributed by atoms with Crippen LogP contribution >= 0.6 is 0 Å². The summed E-state index contributed by atoms with van der Waals surface area (Å²) in [6.07, 6.45) is 1.64. The van der Waals surface area contributed by atoms with Crippen molar-refractivity contribution in [3.8, 4) is 28.5 Å². The van der Waals surface area contributed by atoms with E-state index in [4.69, 9.17) is 18.9 Å². The molecule has 0 fully saturated rings. The molecule has 1 heterocycles. The van der Waals surface area contributed by atoms with Crippen molar-refractivity contribution in [2.24, 2.45) is 7.05 Å². The third kappa shape index (κ3) is 4.09. The number of rotatable bonds is 8. The first-order chi connectivity index (χ1) is 14.8. The van der Waals surface area contributed by atoms with Gasteiger partial charge in [0.2, 0.25) is 0 Å². The number of hydrogen-bond donors (Lipinski definition) is 1. The van der Waals surface area contributed by atoms with Crippen LogP contribution in [0.1, 0.15) is 18.1 Å². The summed E-state index contributed by atoms with van der Waals surface area (Å²) in [7, 11) is 6.69. The lowest BCUT2D eigenvalue weighted by molar-refractivity contribution is -0.132. The quantitative estimate of drug-likeness (QED) is 0.418. The van der Waals surface area contributed by atoms with Crippen LogP contribution in [-0.4, -0.2) is 43.8 Å². The minimum atomic E-state index is -0.979. The molecule has 7 heteroatoms. The minimum Gasteiger partial charge on any atom is -0.497 e. The Kier molecular flexibility index (Phi) is 6.56. The Balaban J connectivity index is 2.40. The number of carbonyl (C=O) groups is 1. The summed E-state index contributed by atoms with van der Waals surface area (Å²) in [4.78, 5) is 11.5. The number of hydrogen-bond acceptors (Lipinski definition) is 5. The van der Waals surface area contributed by atoms with E-state index >= 15 is 0 Å². The Morgan fingerprint density at radius 1 is 1.13 bits per heavy atom. The van der Waals surface area contributed by atoms with Gasteiger partial charge in [-0.2, -0.15) is 0 Å². The summed E-state index contributed by atoms with van der Waals surface area (Å²) in [6, 6.07) is 9.59. The molecule has 0 aliphatic heterocycles. The molecule has 0 radical (unpaired) electrons. The lowest BCUT2D eigenvalue weighted by Crippen LogP contribution is -2.03. The summed E-state index contributed by atoms with van der Waals surface area (Å²) >= 11 is 0. The van der Waals surface area contributed by atoms with Crippen molar-refractivity contribution in [1.82, 2.24) is 4.57 Å². The molecular weight excluding hydrogens is 398 g/mol. The maximum Gasteiger partial charge on any atom is 0.331 e. The summed E-state index contributed by atoms with van der Waals surface area (Å²) in [6.45, 7) is 3.63. The molecular formula is C24H27NO6. The van der Waals surface area contributed by atoms with Crippen LogP contribution in [-0.2, 0) is 16.6 Å². The fraction of sp³-hybridized carbons (Fsp3) is 0.292. The van der Waals surface area contributed by atoms with Gasteiger partial charge in [-0.15, -0.1) is 0 Å². The molecule has 164 valence electrons. The second kappa shape index (κ2) is 9.14. The maximum atomic E-state index is 11.5. The highest BCUT2D eigenvalue weighted by atomic mass is 16.7. The molecule has 0 atom stereocenters. The number of ether oxygens (including phenoxy) is 4. The molecule has 2 aromatic carbocycles. The van der Waals surface area contributed by atoms with Gasteiger partial charge in [0.25, 0.3) is 0 Å². The fourth-order valence-electron chi connectivity index (χ4n) is 3.82. The van der Waals surface area contributed by atoms with E-state index in [0.717, 1.165) is 39.0 Å². The van der Waals surface area contributed by atoms with E-state index in [-0.39, 0.29) is 12.4 Å².